The Morgan fingerprint density at radius 2 is 1.97 bits per heavy atom. The second-order valence-corrected chi connectivity index (χ2v) is 6.98. The van der Waals surface area contributed by atoms with Gasteiger partial charge in [0.25, 0.3) is 5.91 Å². The van der Waals surface area contributed by atoms with Crippen molar-refractivity contribution < 1.29 is 23.1 Å². The number of hydrogen-bond donors (Lipinski definition) is 1. The van der Waals surface area contributed by atoms with Crippen LogP contribution in [-0.4, -0.2) is 41.5 Å². The van der Waals surface area contributed by atoms with Crippen molar-refractivity contribution in [1.29, 1.82) is 0 Å². The molecule has 3 atom stereocenters. The summed E-state index contributed by atoms with van der Waals surface area (Å²) in [5.74, 6) is -0.688. The lowest BCUT2D eigenvalue weighted by Gasteiger charge is -2.38. The van der Waals surface area contributed by atoms with E-state index in [0.717, 1.165) is 0 Å². The number of benzene rings is 2. The van der Waals surface area contributed by atoms with Crippen LogP contribution in [0.5, 0.6) is 0 Å². The monoisotopic (exact) mass is 397 g/mol. The summed E-state index contributed by atoms with van der Waals surface area (Å²) >= 11 is 0. The van der Waals surface area contributed by atoms with Crippen LogP contribution in [0.1, 0.15) is 30.5 Å². The van der Waals surface area contributed by atoms with Gasteiger partial charge in [0.1, 0.15) is 24.0 Å². The Morgan fingerprint density at radius 1 is 1.24 bits per heavy atom. The molecule has 0 saturated carbocycles. The Kier molecular flexibility index (Phi) is 5.02. The number of amides is 2. The normalized spacial score (nSPS) is 20.7. The van der Waals surface area contributed by atoms with Crippen molar-refractivity contribution >= 4 is 22.9 Å². The number of fused-ring (bicyclic) bond motifs is 1. The Bertz CT molecular complexity index is 1020. The van der Waals surface area contributed by atoms with Gasteiger partial charge >= 0.3 is 0 Å². The third-order valence-corrected chi connectivity index (χ3v) is 4.99. The van der Waals surface area contributed by atoms with Gasteiger partial charge in [0.15, 0.2) is 11.7 Å². The lowest BCUT2D eigenvalue weighted by atomic mass is 9.97. The zero-order chi connectivity index (χ0) is 20.5. The molecule has 2 heterocycles. The Labute approximate surface area is 166 Å². The summed E-state index contributed by atoms with van der Waals surface area (Å²) < 4.78 is 24.6. The van der Waals surface area contributed by atoms with Gasteiger partial charge in [-0.3, -0.25) is 9.59 Å². The molecule has 2 aromatic carbocycles. The standard InChI is InChI=1S/C21H20FN3O4/c1-12(21-24-15-5-3-4-6-16(15)29-21)23-20(27)19-18(25(2)17(26)11-28-19)13-7-9-14(22)10-8-13/h3-10,12,18-19H,11H2,1-2H3,(H,23,27). The summed E-state index contributed by atoms with van der Waals surface area (Å²) in [7, 11) is 1.60. The van der Waals surface area contributed by atoms with Gasteiger partial charge in [-0.05, 0) is 36.8 Å². The maximum Gasteiger partial charge on any atom is 0.252 e. The SMILES string of the molecule is CC(NC(=O)C1OCC(=O)N(C)C1c1ccc(F)cc1)c1nc2ccccc2o1. The molecule has 7 nitrogen and oxygen atoms in total. The molecule has 0 aliphatic carbocycles. The molecule has 3 aromatic rings. The molecule has 1 aliphatic heterocycles. The molecule has 1 saturated heterocycles. The molecule has 8 heteroatoms. The van der Waals surface area contributed by atoms with Crippen LogP contribution in [-0.2, 0) is 14.3 Å². The number of carbonyl (C=O) groups excluding carboxylic acids is 2. The summed E-state index contributed by atoms with van der Waals surface area (Å²) in [6.07, 6.45) is -0.949. The molecule has 1 fully saturated rings. The summed E-state index contributed by atoms with van der Waals surface area (Å²) in [6.45, 7) is 1.55. The van der Waals surface area contributed by atoms with E-state index in [2.05, 4.69) is 10.3 Å². The number of nitrogens with one attached hydrogen (secondary N) is 1. The molecule has 29 heavy (non-hydrogen) atoms. The number of carbonyl (C=O) groups is 2. The minimum absolute atomic E-state index is 0.205. The molecule has 0 bridgehead atoms. The number of morpholine rings is 1. The van der Waals surface area contributed by atoms with Crippen LogP contribution in [0.2, 0.25) is 0 Å². The number of oxazole rings is 1. The zero-order valence-corrected chi connectivity index (χ0v) is 16.0. The van der Waals surface area contributed by atoms with E-state index in [-0.39, 0.29) is 12.5 Å². The van der Waals surface area contributed by atoms with Gasteiger partial charge in [0.2, 0.25) is 11.8 Å². The molecule has 150 valence electrons. The summed E-state index contributed by atoms with van der Waals surface area (Å²) in [5, 5.41) is 2.84. The van der Waals surface area contributed by atoms with E-state index in [1.54, 1.807) is 32.2 Å². The van der Waals surface area contributed by atoms with E-state index < -0.39 is 29.9 Å². The second-order valence-electron chi connectivity index (χ2n) is 6.98. The minimum Gasteiger partial charge on any atom is -0.438 e. The van der Waals surface area contributed by atoms with Crippen LogP contribution < -0.4 is 5.32 Å². The Balaban J connectivity index is 1.56. The first-order chi connectivity index (χ1) is 13.9. The molecule has 0 radical (unpaired) electrons. The van der Waals surface area contributed by atoms with Gasteiger partial charge in [0, 0.05) is 7.05 Å². The second kappa shape index (κ2) is 7.63. The Hall–Kier alpha value is -3.26. The van der Waals surface area contributed by atoms with E-state index in [1.165, 1.54) is 17.0 Å². The number of halogens is 1. The van der Waals surface area contributed by atoms with Gasteiger partial charge in [-0.1, -0.05) is 24.3 Å². The number of ether oxygens (including phenoxy) is 1. The lowest BCUT2D eigenvalue weighted by Crippen LogP contribution is -2.53. The van der Waals surface area contributed by atoms with Crippen molar-refractivity contribution in [3.05, 3.63) is 65.8 Å². The topological polar surface area (TPSA) is 84.7 Å². The number of aromatic nitrogens is 1. The predicted molar refractivity (Wildman–Crippen MR) is 102 cm³/mol. The third-order valence-electron chi connectivity index (χ3n) is 4.99. The molecule has 3 unspecified atom stereocenters. The van der Waals surface area contributed by atoms with Gasteiger partial charge in [-0.2, -0.15) is 0 Å². The fourth-order valence-electron chi connectivity index (χ4n) is 3.42. The van der Waals surface area contributed by atoms with E-state index in [9.17, 15) is 14.0 Å². The maximum absolute atomic E-state index is 13.3. The van der Waals surface area contributed by atoms with Crippen molar-refractivity contribution in [2.24, 2.45) is 0 Å². The van der Waals surface area contributed by atoms with Crippen LogP contribution in [0.25, 0.3) is 11.1 Å². The van der Waals surface area contributed by atoms with Gasteiger partial charge < -0.3 is 19.4 Å². The Morgan fingerprint density at radius 3 is 2.69 bits per heavy atom. The minimum atomic E-state index is -0.949. The number of rotatable bonds is 4. The van der Waals surface area contributed by atoms with Crippen molar-refractivity contribution in [2.75, 3.05) is 13.7 Å². The fourth-order valence-corrected chi connectivity index (χ4v) is 3.42. The first kappa shape index (κ1) is 19.1. The maximum atomic E-state index is 13.3. The first-order valence-electron chi connectivity index (χ1n) is 9.22. The average molecular weight is 397 g/mol. The van der Waals surface area contributed by atoms with Crippen molar-refractivity contribution in [2.45, 2.75) is 25.1 Å². The first-order valence-corrected chi connectivity index (χ1v) is 9.22. The smallest absolute Gasteiger partial charge is 0.252 e. The zero-order valence-electron chi connectivity index (χ0n) is 16.0. The highest BCUT2D eigenvalue weighted by Crippen LogP contribution is 2.30. The molecule has 2 amide bonds. The molecule has 1 aromatic heterocycles. The number of hydrogen-bond acceptors (Lipinski definition) is 5. The number of para-hydroxylation sites is 2. The summed E-state index contributed by atoms with van der Waals surface area (Å²) in [5.41, 5.74) is 1.94. The summed E-state index contributed by atoms with van der Waals surface area (Å²) in [6, 6.07) is 11.8. The van der Waals surface area contributed by atoms with Crippen LogP contribution in [0, 0.1) is 5.82 Å². The summed E-state index contributed by atoms with van der Waals surface area (Å²) in [4.78, 5) is 31.0. The molecule has 1 N–H and O–H groups in total. The van der Waals surface area contributed by atoms with E-state index in [1.807, 2.05) is 18.2 Å². The van der Waals surface area contributed by atoms with Crippen LogP contribution in [0.3, 0.4) is 0 Å². The van der Waals surface area contributed by atoms with Crippen molar-refractivity contribution in [3.8, 4) is 0 Å². The highest BCUT2D eigenvalue weighted by Gasteiger charge is 2.40. The average Bonchev–Trinajstić information content (AvgIpc) is 3.15. The van der Waals surface area contributed by atoms with Crippen LogP contribution in [0.15, 0.2) is 52.9 Å². The van der Waals surface area contributed by atoms with Crippen molar-refractivity contribution in [3.63, 3.8) is 0 Å². The van der Waals surface area contributed by atoms with E-state index in [4.69, 9.17) is 9.15 Å². The number of nitrogens with zero attached hydrogens (tertiary/aromatic N) is 2. The van der Waals surface area contributed by atoms with Gasteiger partial charge in [0.05, 0.1) is 6.04 Å². The molecular formula is C21H20FN3O4. The molecule has 1 aliphatic rings. The van der Waals surface area contributed by atoms with Crippen LogP contribution in [0.4, 0.5) is 4.39 Å². The largest absolute Gasteiger partial charge is 0.438 e. The number of likely N-dealkylation sites (N-methyl/N-ethyl adjacent to an activating group) is 1. The van der Waals surface area contributed by atoms with Crippen LogP contribution >= 0.6 is 0 Å². The highest BCUT2D eigenvalue weighted by molar-refractivity contribution is 5.86. The quantitative estimate of drug-likeness (QED) is 0.732. The van der Waals surface area contributed by atoms with E-state index in [0.29, 0.717) is 22.6 Å². The third kappa shape index (κ3) is 3.71. The molecule has 4 rings (SSSR count). The van der Waals surface area contributed by atoms with E-state index >= 15 is 0 Å². The molecule has 0 spiro atoms. The predicted octanol–water partition coefficient (Wildman–Crippen LogP) is 2.74. The van der Waals surface area contributed by atoms with Gasteiger partial charge in [-0.25, -0.2) is 9.37 Å². The highest BCUT2D eigenvalue weighted by atomic mass is 19.1. The lowest BCUT2D eigenvalue weighted by molar-refractivity contribution is -0.162. The molecular weight excluding hydrogens is 377 g/mol. The van der Waals surface area contributed by atoms with Crippen molar-refractivity contribution in [1.82, 2.24) is 15.2 Å². The van der Waals surface area contributed by atoms with Gasteiger partial charge in [-0.15, -0.1) is 0 Å². The fraction of sp³-hybridized carbons (Fsp3) is 0.286.